The van der Waals surface area contributed by atoms with Crippen LogP contribution >= 0.6 is 0 Å². The summed E-state index contributed by atoms with van der Waals surface area (Å²) in [6.45, 7) is 7.21. The molecule has 1 unspecified atom stereocenters. The molecular weight excluding hydrogens is 180 g/mol. The zero-order chi connectivity index (χ0) is 10.6. The van der Waals surface area contributed by atoms with Crippen LogP contribution in [0.5, 0.6) is 0 Å². The van der Waals surface area contributed by atoms with E-state index in [1.54, 1.807) is 0 Å². The van der Waals surface area contributed by atoms with E-state index in [2.05, 4.69) is 0 Å². The zero-order valence-corrected chi connectivity index (χ0v) is 9.25. The van der Waals surface area contributed by atoms with Crippen LogP contribution in [-0.4, -0.2) is 30.2 Å². The molecule has 1 fully saturated rings. The smallest absolute Gasteiger partial charge is 0.165 e. The minimum absolute atomic E-state index is 0.385. The minimum atomic E-state index is -0.476. The summed E-state index contributed by atoms with van der Waals surface area (Å²) in [5, 5.41) is 9.61. The number of hydrogen-bond donors (Lipinski definition) is 1. The molecule has 1 atom stereocenters. The summed E-state index contributed by atoms with van der Waals surface area (Å²) >= 11 is 0. The number of aliphatic hydroxyl groups excluding tert-OH is 1. The average molecular weight is 200 g/mol. The molecule has 3 heteroatoms. The first-order chi connectivity index (χ1) is 6.52. The molecule has 0 aromatic rings. The van der Waals surface area contributed by atoms with Crippen molar-refractivity contribution in [2.45, 2.75) is 45.5 Å². The summed E-state index contributed by atoms with van der Waals surface area (Å²) < 4.78 is 10.9. The van der Waals surface area contributed by atoms with E-state index >= 15 is 0 Å². The van der Waals surface area contributed by atoms with E-state index in [0.717, 1.165) is 12.0 Å². The molecule has 0 amide bonds. The van der Waals surface area contributed by atoms with Gasteiger partial charge in [0.05, 0.1) is 19.3 Å². The molecule has 1 heterocycles. The van der Waals surface area contributed by atoms with Gasteiger partial charge >= 0.3 is 0 Å². The lowest BCUT2D eigenvalue weighted by atomic mass is 10.1. The van der Waals surface area contributed by atoms with Crippen LogP contribution in [0.25, 0.3) is 0 Å². The Bertz CT molecular complexity index is 201. The average Bonchev–Trinajstić information content (AvgIpc) is 2.49. The molecule has 0 saturated carbocycles. The maximum absolute atomic E-state index is 9.61. The highest BCUT2D eigenvalue weighted by Crippen LogP contribution is 2.24. The highest BCUT2D eigenvalue weighted by atomic mass is 16.7. The number of aliphatic hydroxyl groups is 1. The van der Waals surface area contributed by atoms with Gasteiger partial charge in [-0.3, -0.25) is 0 Å². The van der Waals surface area contributed by atoms with Crippen molar-refractivity contribution in [3.8, 4) is 0 Å². The fraction of sp³-hybridized carbons (Fsp3) is 0.818. The Hall–Kier alpha value is -0.380. The van der Waals surface area contributed by atoms with Gasteiger partial charge in [0.25, 0.3) is 0 Å². The van der Waals surface area contributed by atoms with Crippen molar-refractivity contribution in [1.82, 2.24) is 0 Å². The molecule has 0 bridgehead atoms. The van der Waals surface area contributed by atoms with Gasteiger partial charge in [0, 0.05) is 6.42 Å². The quantitative estimate of drug-likeness (QED) is 0.704. The van der Waals surface area contributed by atoms with Crippen molar-refractivity contribution < 1.29 is 14.6 Å². The first kappa shape index (κ1) is 11.7. The fourth-order valence-electron chi connectivity index (χ4n) is 1.58. The van der Waals surface area contributed by atoms with Gasteiger partial charge < -0.3 is 14.6 Å². The number of hydrogen-bond acceptors (Lipinski definition) is 3. The summed E-state index contributed by atoms with van der Waals surface area (Å²) in [5.74, 6) is -0.476. The SMILES string of the molecule is CC(C)=CC(O)CCC1(C)OCCO1. The maximum atomic E-state index is 9.61. The Morgan fingerprint density at radius 1 is 1.43 bits per heavy atom. The molecule has 1 rings (SSSR count). The molecule has 3 nitrogen and oxygen atoms in total. The first-order valence-electron chi connectivity index (χ1n) is 5.13. The minimum Gasteiger partial charge on any atom is -0.389 e. The van der Waals surface area contributed by atoms with Gasteiger partial charge in [-0.15, -0.1) is 0 Å². The van der Waals surface area contributed by atoms with Crippen molar-refractivity contribution in [3.05, 3.63) is 11.6 Å². The number of rotatable bonds is 4. The van der Waals surface area contributed by atoms with Crippen LogP contribution in [-0.2, 0) is 9.47 Å². The monoisotopic (exact) mass is 200 g/mol. The van der Waals surface area contributed by atoms with Crippen molar-refractivity contribution in [2.75, 3.05) is 13.2 Å². The summed E-state index contributed by atoms with van der Waals surface area (Å²) in [5.41, 5.74) is 1.14. The van der Waals surface area contributed by atoms with E-state index in [-0.39, 0.29) is 6.10 Å². The van der Waals surface area contributed by atoms with Crippen molar-refractivity contribution >= 4 is 0 Å². The Kier molecular flexibility index (Phi) is 4.11. The van der Waals surface area contributed by atoms with Crippen molar-refractivity contribution in [1.29, 1.82) is 0 Å². The molecular formula is C11H20O3. The normalized spacial score (nSPS) is 22.0. The lowest BCUT2D eigenvalue weighted by Gasteiger charge is -2.22. The molecule has 0 spiro atoms. The summed E-state index contributed by atoms with van der Waals surface area (Å²) in [7, 11) is 0. The number of allylic oxidation sites excluding steroid dienone is 1. The van der Waals surface area contributed by atoms with E-state index in [0.29, 0.717) is 19.6 Å². The van der Waals surface area contributed by atoms with Crippen LogP contribution < -0.4 is 0 Å². The summed E-state index contributed by atoms with van der Waals surface area (Å²) in [6.07, 6.45) is 2.89. The third kappa shape index (κ3) is 3.78. The molecule has 0 aliphatic carbocycles. The van der Waals surface area contributed by atoms with E-state index in [9.17, 15) is 5.11 Å². The van der Waals surface area contributed by atoms with Crippen LogP contribution in [0, 0.1) is 0 Å². The van der Waals surface area contributed by atoms with Crippen molar-refractivity contribution in [3.63, 3.8) is 0 Å². The highest BCUT2D eigenvalue weighted by Gasteiger charge is 2.30. The van der Waals surface area contributed by atoms with Crippen molar-refractivity contribution in [2.24, 2.45) is 0 Å². The standard InChI is InChI=1S/C11H20O3/c1-9(2)8-10(12)4-5-11(3)13-6-7-14-11/h8,10,12H,4-7H2,1-3H3. The van der Waals surface area contributed by atoms with Gasteiger partial charge in [-0.2, -0.15) is 0 Å². The van der Waals surface area contributed by atoms with Crippen LogP contribution in [0.3, 0.4) is 0 Å². The Morgan fingerprint density at radius 3 is 2.50 bits per heavy atom. The Labute approximate surface area is 85.7 Å². The second kappa shape index (κ2) is 4.91. The second-order valence-electron chi connectivity index (χ2n) is 4.18. The Morgan fingerprint density at radius 2 is 2.00 bits per heavy atom. The summed E-state index contributed by atoms with van der Waals surface area (Å²) in [4.78, 5) is 0. The predicted molar refractivity (Wildman–Crippen MR) is 55.0 cm³/mol. The van der Waals surface area contributed by atoms with Crippen LogP contribution in [0.4, 0.5) is 0 Å². The third-order valence-electron chi connectivity index (χ3n) is 2.32. The molecule has 0 aromatic carbocycles. The summed E-state index contributed by atoms with van der Waals surface area (Å²) in [6, 6.07) is 0. The first-order valence-corrected chi connectivity index (χ1v) is 5.13. The number of ether oxygens (including phenoxy) is 2. The van der Waals surface area contributed by atoms with E-state index < -0.39 is 5.79 Å². The molecule has 1 aliphatic rings. The molecule has 82 valence electrons. The fourth-order valence-corrected chi connectivity index (χ4v) is 1.58. The van der Waals surface area contributed by atoms with Gasteiger partial charge in [0.1, 0.15) is 0 Å². The third-order valence-corrected chi connectivity index (χ3v) is 2.32. The second-order valence-corrected chi connectivity index (χ2v) is 4.18. The van der Waals surface area contributed by atoms with Gasteiger partial charge in [-0.25, -0.2) is 0 Å². The molecule has 1 saturated heterocycles. The van der Waals surface area contributed by atoms with Gasteiger partial charge in [0.15, 0.2) is 5.79 Å². The molecule has 0 radical (unpaired) electrons. The topological polar surface area (TPSA) is 38.7 Å². The van der Waals surface area contributed by atoms with Crippen LogP contribution in [0.15, 0.2) is 11.6 Å². The van der Waals surface area contributed by atoms with E-state index in [1.165, 1.54) is 0 Å². The Balaban J connectivity index is 2.29. The predicted octanol–water partition coefficient (Wildman–Crippen LogP) is 1.86. The van der Waals surface area contributed by atoms with E-state index in [1.807, 2.05) is 26.8 Å². The van der Waals surface area contributed by atoms with Gasteiger partial charge in [0.2, 0.25) is 0 Å². The van der Waals surface area contributed by atoms with Gasteiger partial charge in [-0.05, 0) is 27.2 Å². The lowest BCUT2D eigenvalue weighted by molar-refractivity contribution is -0.150. The molecule has 14 heavy (non-hydrogen) atoms. The van der Waals surface area contributed by atoms with Crippen LogP contribution in [0.1, 0.15) is 33.6 Å². The van der Waals surface area contributed by atoms with E-state index in [4.69, 9.17) is 9.47 Å². The molecule has 1 N–H and O–H groups in total. The zero-order valence-electron chi connectivity index (χ0n) is 9.25. The van der Waals surface area contributed by atoms with Crippen LogP contribution in [0.2, 0.25) is 0 Å². The maximum Gasteiger partial charge on any atom is 0.165 e. The lowest BCUT2D eigenvalue weighted by Crippen LogP contribution is -2.26. The molecule has 0 aromatic heterocycles. The largest absolute Gasteiger partial charge is 0.389 e. The van der Waals surface area contributed by atoms with Gasteiger partial charge in [-0.1, -0.05) is 11.6 Å². The highest BCUT2D eigenvalue weighted by molar-refractivity contribution is 4.98. The molecule has 1 aliphatic heterocycles.